The van der Waals surface area contributed by atoms with E-state index in [4.69, 9.17) is 0 Å². The maximum Gasteiger partial charge on any atom is 0.451 e. The summed E-state index contributed by atoms with van der Waals surface area (Å²) in [6.45, 7) is 10.5. The van der Waals surface area contributed by atoms with Gasteiger partial charge in [0.2, 0.25) is 5.82 Å². The highest BCUT2D eigenvalue weighted by Gasteiger charge is 2.39. The van der Waals surface area contributed by atoms with E-state index in [-0.39, 0.29) is 12.6 Å². The fourth-order valence-corrected chi connectivity index (χ4v) is 1.55. The van der Waals surface area contributed by atoms with Crippen molar-refractivity contribution in [2.75, 3.05) is 6.54 Å². The number of alkyl halides is 3. The molecule has 0 amide bonds. The molecule has 1 atom stereocenters. The Labute approximate surface area is 106 Å². The zero-order valence-electron chi connectivity index (χ0n) is 11.5. The molecule has 7 heteroatoms. The highest BCUT2D eigenvalue weighted by atomic mass is 19.4. The van der Waals surface area contributed by atoms with Crippen LogP contribution in [0.3, 0.4) is 0 Å². The molecule has 1 aliphatic heterocycles. The van der Waals surface area contributed by atoms with Gasteiger partial charge in [0.25, 0.3) is 0 Å². The van der Waals surface area contributed by atoms with Crippen LogP contribution < -0.4 is 5.32 Å². The van der Waals surface area contributed by atoms with Crippen LogP contribution in [0.2, 0.25) is 0 Å². The number of aromatic nitrogens is 3. The second kappa shape index (κ2) is 7.35. The first-order chi connectivity index (χ1) is 8.50. The van der Waals surface area contributed by atoms with Gasteiger partial charge in [0.1, 0.15) is 5.82 Å². The Hall–Kier alpha value is -1.11. The van der Waals surface area contributed by atoms with Crippen LogP contribution in [0, 0.1) is 0 Å². The van der Waals surface area contributed by atoms with E-state index in [9.17, 15) is 13.2 Å². The van der Waals surface area contributed by atoms with Gasteiger partial charge in [-0.05, 0) is 6.92 Å². The molecule has 1 N–H and O–H groups in total. The molecule has 0 spiro atoms. The molecule has 0 aromatic carbocycles. The number of nitrogens with one attached hydrogen (secondary N) is 1. The van der Waals surface area contributed by atoms with Crippen LogP contribution in [0.1, 0.15) is 52.3 Å². The van der Waals surface area contributed by atoms with Crippen molar-refractivity contribution in [1.29, 1.82) is 0 Å². The smallest absolute Gasteiger partial charge is 0.306 e. The van der Waals surface area contributed by atoms with Crippen molar-refractivity contribution in [3.63, 3.8) is 0 Å². The van der Waals surface area contributed by atoms with Gasteiger partial charge in [0.15, 0.2) is 0 Å². The predicted molar refractivity (Wildman–Crippen MR) is 64.1 cm³/mol. The quantitative estimate of drug-likeness (QED) is 0.785. The van der Waals surface area contributed by atoms with Gasteiger partial charge in [0, 0.05) is 13.1 Å². The number of nitrogens with zero attached hydrogens (tertiary/aromatic N) is 3. The number of halogens is 3. The topological polar surface area (TPSA) is 42.7 Å². The van der Waals surface area contributed by atoms with Gasteiger partial charge in [-0.3, -0.25) is 0 Å². The summed E-state index contributed by atoms with van der Waals surface area (Å²) in [5.41, 5.74) is 0. The highest BCUT2D eigenvalue weighted by molar-refractivity contribution is 5.05. The lowest BCUT2D eigenvalue weighted by Crippen LogP contribution is -2.33. The van der Waals surface area contributed by atoms with E-state index in [2.05, 4.69) is 15.5 Å². The predicted octanol–water partition coefficient (Wildman–Crippen LogP) is 3.01. The summed E-state index contributed by atoms with van der Waals surface area (Å²) in [5.74, 6) is -0.551. The molecular formula is C11H21F3N4. The zero-order valence-corrected chi connectivity index (χ0v) is 11.5. The van der Waals surface area contributed by atoms with Crippen LogP contribution in [0.15, 0.2) is 0 Å². The van der Waals surface area contributed by atoms with Crippen molar-refractivity contribution in [3.8, 4) is 0 Å². The molecule has 18 heavy (non-hydrogen) atoms. The van der Waals surface area contributed by atoms with Crippen LogP contribution in [-0.4, -0.2) is 21.3 Å². The number of fused-ring (bicyclic) bond motifs is 1. The van der Waals surface area contributed by atoms with Crippen LogP contribution >= 0.6 is 0 Å². The molecule has 4 nitrogen and oxygen atoms in total. The average Bonchev–Trinajstić information content (AvgIpc) is 2.79. The average molecular weight is 266 g/mol. The lowest BCUT2D eigenvalue weighted by atomic mass is 10.2. The summed E-state index contributed by atoms with van der Waals surface area (Å²) in [7, 11) is 0. The summed E-state index contributed by atoms with van der Waals surface area (Å²) in [6.07, 6.45) is -4.41. The van der Waals surface area contributed by atoms with E-state index in [1.807, 2.05) is 27.7 Å². The molecule has 0 aliphatic carbocycles. The molecule has 1 aromatic heterocycles. The van der Waals surface area contributed by atoms with Crippen molar-refractivity contribution in [2.24, 2.45) is 0 Å². The summed E-state index contributed by atoms with van der Waals surface area (Å²) in [6, 6.07) is -0.174. The Morgan fingerprint density at radius 3 is 2.22 bits per heavy atom. The fourth-order valence-electron chi connectivity index (χ4n) is 1.55. The third kappa shape index (κ3) is 3.69. The Balaban J connectivity index is 0.000000659. The van der Waals surface area contributed by atoms with Crippen LogP contribution in [0.25, 0.3) is 0 Å². The largest absolute Gasteiger partial charge is 0.451 e. The van der Waals surface area contributed by atoms with Gasteiger partial charge >= 0.3 is 6.18 Å². The third-order valence-corrected chi connectivity index (χ3v) is 2.21. The zero-order chi connectivity index (χ0) is 14.3. The first-order valence-corrected chi connectivity index (χ1v) is 6.24. The molecular weight excluding hydrogens is 245 g/mol. The molecule has 0 fully saturated rings. The minimum Gasteiger partial charge on any atom is -0.306 e. The van der Waals surface area contributed by atoms with E-state index >= 15 is 0 Å². The number of hydrogen-bond acceptors (Lipinski definition) is 3. The Kier molecular flexibility index (Phi) is 6.90. The standard InChI is InChI=1S/C7H9F3N4.2C2H6/c1-4-5-12-13-6(7(8,9)10)14(5)3-2-11-4;2*1-2/h4,11H,2-3H2,1H3;2*1-2H3. The van der Waals surface area contributed by atoms with E-state index in [0.29, 0.717) is 12.4 Å². The van der Waals surface area contributed by atoms with Gasteiger partial charge < -0.3 is 9.88 Å². The second-order valence-electron chi connectivity index (χ2n) is 3.21. The van der Waals surface area contributed by atoms with Gasteiger partial charge in [-0.25, -0.2) is 0 Å². The Bertz CT molecular complexity index is 347. The van der Waals surface area contributed by atoms with E-state index in [1.165, 1.54) is 0 Å². The first-order valence-electron chi connectivity index (χ1n) is 6.24. The van der Waals surface area contributed by atoms with Crippen molar-refractivity contribution >= 4 is 0 Å². The SMILES string of the molecule is CC.CC.CC1NCCn2c1nnc2C(F)(F)F. The molecule has 0 radical (unpaired) electrons. The molecule has 0 saturated heterocycles. The van der Waals surface area contributed by atoms with E-state index < -0.39 is 12.0 Å². The van der Waals surface area contributed by atoms with E-state index in [1.54, 1.807) is 6.92 Å². The highest BCUT2D eigenvalue weighted by Crippen LogP contribution is 2.30. The lowest BCUT2D eigenvalue weighted by molar-refractivity contribution is -0.147. The van der Waals surface area contributed by atoms with Crippen molar-refractivity contribution in [3.05, 3.63) is 11.6 Å². The van der Waals surface area contributed by atoms with Crippen LogP contribution in [0.4, 0.5) is 13.2 Å². The van der Waals surface area contributed by atoms with Gasteiger partial charge in [-0.2, -0.15) is 13.2 Å². The Morgan fingerprint density at radius 1 is 1.17 bits per heavy atom. The summed E-state index contributed by atoms with van der Waals surface area (Å²) < 4.78 is 38.3. The minimum atomic E-state index is -4.41. The molecule has 106 valence electrons. The molecule has 1 unspecified atom stereocenters. The van der Waals surface area contributed by atoms with Gasteiger partial charge in [-0.15, -0.1) is 10.2 Å². The Morgan fingerprint density at radius 2 is 1.72 bits per heavy atom. The van der Waals surface area contributed by atoms with Gasteiger partial charge in [0.05, 0.1) is 6.04 Å². The molecule has 1 aliphatic rings. The fraction of sp³-hybridized carbons (Fsp3) is 0.818. The maximum absolute atomic E-state index is 12.4. The monoisotopic (exact) mass is 266 g/mol. The lowest BCUT2D eigenvalue weighted by Gasteiger charge is -2.22. The van der Waals surface area contributed by atoms with Gasteiger partial charge in [-0.1, -0.05) is 27.7 Å². The molecule has 0 saturated carbocycles. The maximum atomic E-state index is 12.4. The summed E-state index contributed by atoms with van der Waals surface area (Å²) in [5, 5.41) is 9.71. The number of hydrogen-bond donors (Lipinski definition) is 1. The molecule has 1 aromatic rings. The summed E-state index contributed by atoms with van der Waals surface area (Å²) >= 11 is 0. The molecule has 0 bridgehead atoms. The van der Waals surface area contributed by atoms with Crippen molar-refractivity contribution in [2.45, 2.75) is 53.4 Å². The second-order valence-corrected chi connectivity index (χ2v) is 3.21. The minimum absolute atomic E-state index is 0.174. The van der Waals surface area contributed by atoms with Crippen LogP contribution in [0.5, 0.6) is 0 Å². The summed E-state index contributed by atoms with van der Waals surface area (Å²) in [4.78, 5) is 0. The van der Waals surface area contributed by atoms with Crippen molar-refractivity contribution < 1.29 is 13.2 Å². The molecule has 2 heterocycles. The van der Waals surface area contributed by atoms with E-state index in [0.717, 1.165) is 4.57 Å². The van der Waals surface area contributed by atoms with Crippen molar-refractivity contribution in [1.82, 2.24) is 20.1 Å². The normalized spacial score (nSPS) is 17.9. The van der Waals surface area contributed by atoms with Crippen LogP contribution in [-0.2, 0) is 12.7 Å². The first kappa shape index (κ1) is 16.9. The third-order valence-electron chi connectivity index (χ3n) is 2.21. The number of rotatable bonds is 0. The molecule has 2 rings (SSSR count).